The summed E-state index contributed by atoms with van der Waals surface area (Å²) in [7, 11) is -0.675. The van der Waals surface area contributed by atoms with Crippen molar-refractivity contribution in [1.29, 1.82) is 0 Å². The maximum Gasteiger partial charge on any atom is 0.0642 e. The molecule has 20 heavy (non-hydrogen) atoms. The molecule has 2 rings (SSSR count). The molecule has 1 aromatic carbocycles. The SMILES string of the molecule is CS(=O)CCCNCc1ccc(N2CCOCC2)cc1. The Morgan fingerprint density at radius 2 is 1.95 bits per heavy atom. The van der Waals surface area contributed by atoms with Crippen LogP contribution in [-0.2, 0) is 22.1 Å². The molecule has 0 amide bonds. The Bertz CT molecular complexity index is 416. The van der Waals surface area contributed by atoms with Crippen molar-refractivity contribution in [3.63, 3.8) is 0 Å². The molecule has 1 aliphatic heterocycles. The Morgan fingerprint density at radius 1 is 1.25 bits per heavy atom. The van der Waals surface area contributed by atoms with Crippen LogP contribution in [0.2, 0.25) is 0 Å². The summed E-state index contributed by atoms with van der Waals surface area (Å²) >= 11 is 0. The fourth-order valence-electron chi connectivity index (χ4n) is 2.28. The number of benzene rings is 1. The summed E-state index contributed by atoms with van der Waals surface area (Å²) in [5.41, 5.74) is 2.57. The number of rotatable bonds is 7. The molecule has 0 aromatic heterocycles. The van der Waals surface area contributed by atoms with E-state index in [1.807, 2.05) is 0 Å². The fraction of sp³-hybridized carbons (Fsp3) is 0.600. The molecule has 5 heteroatoms. The number of anilines is 1. The van der Waals surface area contributed by atoms with Crippen LogP contribution in [0.15, 0.2) is 24.3 Å². The third-order valence-electron chi connectivity index (χ3n) is 3.43. The van der Waals surface area contributed by atoms with E-state index in [1.54, 1.807) is 6.26 Å². The van der Waals surface area contributed by atoms with Gasteiger partial charge in [0.1, 0.15) is 0 Å². The smallest absolute Gasteiger partial charge is 0.0642 e. The molecule has 0 radical (unpaired) electrons. The van der Waals surface area contributed by atoms with E-state index in [9.17, 15) is 4.21 Å². The molecule has 0 spiro atoms. The van der Waals surface area contributed by atoms with Crippen LogP contribution in [0.3, 0.4) is 0 Å². The Morgan fingerprint density at radius 3 is 2.60 bits per heavy atom. The van der Waals surface area contributed by atoms with Crippen molar-refractivity contribution in [2.24, 2.45) is 0 Å². The average molecular weight is 296 g/mol. The lowest BCUT2D eigenvalue weighted by Crippen LogP contribution is -2.36. The van der Waals surface area contributed by atoms with Crippen LogP contribution in [0.5, 0.6) is 0 Å². The van der Waals surface area contributed by atoms with E-state index in [0.29, 0.717) is 0 Å². The van der Waals surface area contributed by atoms with Crippen molar-refractivity contribution in [2.75, 3.05) is 49.8 Å². The van der Waals surface area contributed by atoms with Crippen molar-refractivity contribution < 1.29 is 8.95 Å². The van der Waals surface area contributed by atoms with Gasteiger partial charge in [0.2, 0.25) is 0 Å². The van der Waals surface area contributed by atoms with E-state index < -0.39 is 10.8 Å². The zero-order chi connectivity index (χ0) is 14.2. The second-order valence-corrected chi connectivity index (χ2v) is 6.63. The second-order valence-electron chi connectivity index (χ2n) is 5.07. The van der Waals surface area contributed by atoms with Crippen LogP contribution in [0, 0.1) is 0 Å². The molecule has 0 saturated carbocycles. The van der Waals surface area contributed by atoms with Crippen LogP contribution in [-0.4, -0.2) is 49.1 Å². The number of nitrogens with zero attached hydrogens (tertiary/aromatic N) is 1. The minimum Gasteiger partial charge on any atom is -0.378 e. The molecule has 1 aliphatic rings. The first kappa shape index (κ1) is 15.5. The summed E-state index contributed by atoms with van der Waals surface area (Å²) in [6.45, 7) is 5.40. The van der Waals surface area contributed by atoms with E-state index in [4.69, 9.17) is 4.74 Å². The first-order valence-electron chi connectivity index (χ1n) is 7.18. The summed E-state index contributed by atoms with van der Waals surface area (Å²) in [6.07, 6.45) is 2.72. The monoisotopic (exact) mass is 296 g/mol. The molecule has 1 aromatic rings. The number of morpholine rings is 1. The highest BCUT2D eigenvalue weighted by Crippen LogP contribution is 2.16. The van der Waals surface area contributed by atoms with E-state index in [-0.39, 0.29) is 0 Å². The van der Waals surface area contributed by atoms with Gasteiger partial charge in [-0.05, 0) is 30.7 Å². The third-order valence-corrected chi connectivity index (χ3v) is 4.29. The summed E-state index contributed by atoms with van der Waals surface area (Å²) in [6, 6.07) is 8.72. The van der Waals surface area contributed by atoms with Gasteiger partial charge in [-0.15, -0.1) is 0 Å². The van der Waals surface area contributed by atoms with Gasteiger partial charge in [0.25, 0.3) is 0 Å². The van der Waals surface area contributed by atoms with Gasteiger partial charge in [0, 0.05) is 48.1 Å². The van der Waals surface area contributed by atoms with Gasteiger partial charge in [0.15, 0.2) is 0 Å². The summed E-state index contributed by atoms with van der Waals surface area (Å²) in [5.74, 6) is 0.781. The van der Waals surface area contributed by atoms with Gasteiger partial charge < -0.3 is 15.0 Å². The van der Waals surface area contributed by atoms with E-state index in [1.165, 1.54) is 11.3 Å². The van der Waals surface area contributed by atoms with E-state index >= 15 is 0 Å². The predicted octanol–water partition coefficient (Wildman–Crippen LogP) is 1.38. The van der Waals surface area contributed by atoms with E-state index in [2.05, 4.69) is 34.5 Å². The zero-order valence-corrected chi connectivity index (χ0v) is 13.0. The topological polar surface area (TPSA) is 41.6 Å². The number of hydrogen-bond acceptors (Lipinski definition) is 4. The number of nitrogens with one attached hydrogen (secondary N) is 1. The second kappa shape index (κ2) is 8.39. The van der Waals surface area contributed by atoms with Crippen molar-refractivity contribution in [2.45, 2.75) is 13.0 Å². The Kier molecular flexibility index (Phi) is 6.50. The van der Waals surface area contributed by atoms with Crippen LogP contribution in [0.4, 0.5) is 5.69 Å². The normalized spacial score (nSPS) is 17.1. The zero-order valence-electron chi connectivity index (χ0n) is 12.1. The molecule has 1 atom stereocenters. The Balaban J connectivity index is 1.72. The quantitative estimate of drug-likeness (QED) is 0.772. The fourth-order valence-corrected chi connectivity index (χ4v) is 2.83. The van der Waals surface area contributed by atoms with Crippen LogP contribution < -0.4 is 10.2 Å². The summed E-state index contributed by atoms with van der Waals surface area (Å²) < 4.78 is 16.3. The van der Waals surface area contributed by atoms with Crippen LogP contribution in [0.25, 0.3) is 0 Å². The van der Waals surface area contributed by atoms with Crippen LogP contribution >= 0.6 is 0 Å². The highest BCUT2D eigenvalue weighted by molar-refractivity contribution is 7.84. The molecule has 1 N–H and O–H groups in total. The molecule has 0 aliphatic carbocycles. The molecule has 1 fully saturated rings. The number of ether oxygens (including phenoxy) is 1. The molecule has 4 nitrogen and oxygen atoms in total. The molecular weight excluding hydrogens is 272 g/mol. The highest BCUT2D eigenvalue weighted by Gasteiger charge is 2.10. The maximum atomic E-state index is 10.9. The standard InChI is InChI=1S/C15H24N2O2S/c1-20(18)12-2-7-16-13-14-3-5-15(6-4-14)17-8-10-19-11-9-17/h3-6,16H,2,7-13H2,1H3. The van der Waals surface area contributed by atoms with Crippen molar-refractivity contribution in [3.05, 3.63) is 29.8 Å². The first-order chi connectivity index (χ1) is 9.75. The van der Waals surface area contributed by atoms with Crippen LogP contribution in [0.1, 0.15) is 12.0 Å². The summed E-state index contributed by atoms with van der Waals surface area (Å²) in [5, 5.41) is 3.39. The van der Waals surface area contributed by atoms with Gasteiger partial charge in [-0.25, -0.2) is 0 Å². The molecule has 1 unspecified atom stereocenters. The number of hydrogen-bond donors (Lipinski definition) is 1. The van der Waals surface area contributed by atoms with Gasteiger partial charge in [-0.2, -0.15) is 0 Å². The van der Waals surface area contributed by atoms with Gasteiger partial charge >= 0.3 is 0 Å². The lowest BCUT2D eigenvalue weighted by molar-refractivity contribution is 0.122. The van der Waals surface area contributed by atoms with Crippen molar-refractivity contribution in [1.82, 2.24) is 5.32 Å². The van der Waals surface area contributed by atoms with Gasteiger partial charge in [-0.3, -0.25) is 4.21 Å². The maximum absolute atomic E-state index is 10.9. The first-order valence-corrected chi connectivity index (χ1v) is 8.91. The lowest BCUT2D eigenvalue weighted by atomic mass is 10.2. The Hall–Kier alpha value is -0.910. The van der Waals surface area contributed by atoms with Gasteiger partial charge in [0.05, 0.1) is 13.2 Å². The molecule has 0 bridgehead atoms. The van der Waals surface area contributed by atoms with E-state index in [0.717, 1.165) is 51.6 Å². The third kappa shape index (κ3) is 5.23. The highest BCUT2D eigenvalue weighted by atomic mass is 32.2. The minimum absolute atomic E-state index is 0.675. The largest absolute Gasteiger partial charge is 0.378 e. The lowest BCUT2D eigenvalue weighted by Gasteiger charge is -2.28. The minimum atomic E-state index is -0.675. The molecule has 112 valence electrons. The molecule has 1 heterocycles. The Labute approximate surface area is 124 Å². The van der Waals surface area contributed by atoms with Gasteiger partial charge in [-0.1, -0.05) is 12.1 Å². The molecular formula is C15H24N2O2S. The van der Waals surface area contributed by atoms with Crippen molar-refractivity contribution in [3.8, 4) is 0 Å². The summed E-state index contributed by atoms with van der Waals surface area (Å²) in [4.78, 5) is 2.36. The van der Waals surface area contributed by atoms with Crippen molar-refractivity contribution >= 4 is 16.5 Å². The predicted molar refractivity (Wildman–Crippen MR) is 84.7 cm³/mol. The average Bonchev–Trinajstić information content (AvgIpc) is 2.48. The molecule has 1 saturated heterocycles.